The van der Waals surface area contributed by atoms with Crippen molar-refractivity contribution in [3.8, 4) is 0 Å². The SMILES string of the molecule is CCOC1C=C([N+](=O)[O-])C(N)=CC1=Cc1ccco1. The molecule has 6 heteroatoms. The number of nitrogens with two attached hydrogens (primary N) is 1. The van der Waals surface area contributed by atoms with E-state index in [9.17, 15) is 10.1 Å². The van der Waals surface area contributed by atoms with E-state index in [4.69, 9.17) is 14.9 Å². The minimum absolute atomic E-state index is 0.110. The standard InChI is InChI=1S/C13H14N2O4/c1-2-18-13-8-12(15(16)17)11(14)7-9(13)6-10-4-3-5-19-10/h3-8,13H,2,14H2,1H3. The molecule has 0 bridgehead atoms. The first-order valence-corrected chi connectivity index (χ1v) is 5.82. The van der Waals surface area contributed by atoms with Gasteiger partial charge in [0.25, 0.3) is 5.70 Å². The van der Waals surface area contributed by atoms with Crippen LogP contribution in [0.15, 0.2) is 51.9 Å². The summed E-state index contributed by atoms with van der Waals surface area (Å²) in [5, 5.41) is 10.9. The van der Waals surface area contributed by atoms with Gasteiger partial charge in [-0.25, -0.2) is 0 Å². The lowest BCUT2D eigenvalue weighted by Crippen LogP contribution is -2.22. The molecule has 1 unspecified atom stereocenters. The summed E-state index contributed by atoms with van der Waals surface area (Å²) < 4.78 is 10.7. The topological polar surface area (TPSA) is 91.5 Å². The number of hydrogen-bond acceptors (Lipinski definition) is 5. The molecular weight excluding hydrogens is 248 g/mol. The number of nitro groups is 1. The fraction of sp³-hybridized carbons (Fsp3) is 0.231. The highest BCUT2D eigenvalue weighted by molar-refractivity contribution is 5.57. The van der Waals surface area contributed by atoms with Gasteiger partial charge in [0.1, 0.15) is 17.6 Å². The quantitative estimate of drug-likeness (QED) is 0.662. The van der Waals surface area contributed by atoms with Crippen molar-refractivity contribution in [3.63, 3.8) is 0 Å². The van der Waals surface area contributed by atoms with E-state index < -0.39 is 11.0 Å². The van der Waals surface area contributed by atoms with Crippen LogP contribution < -0.4 is 5.73 Å². The van der Waals surface area contributed by atoms with Crippen LogP contribution in [0.25, 0.3) is 6.08 Å². The summed E-state index contributed by atoms with van der Waals surface area (Å²) in [6.07, 6.45) is 5.76. The molecule has 0 radical (unpaired) electrons. The Morgan fingerprint density at radius 2 is 2.42 bits per heavy atom. The van der Waals surface area contributed by atoms with E-state index in [1.807, 2.05) is 6.92 Å². The summed E-state index contributed by atoms with van der Waals surface area (Å²) in [6, 6.07) is 3.54. The van der Waals surface area contributed by atoms with Crippen molar-refractivity contribution >= 4 is 6.08 Å². The van der Waals surface area contributed by atoms with Crippen LogP contribution >= 0.6 is 0 Å². The third kappa shape index (κ3) is 2.92. The predicted molar refractivity (Wildman–Crippen MR) is 69.4 cm³/mol. The summed E-state index contributed by atoms with van der Waals surface area (Å²) in [5.41, 5.74) is 6.38. The molecule has 19 heavy (non-hydrogen) atoms. The molecule has 100 valence electrons. The van der Waals surface area contributed by atoms with Crippen LogP contribution in [-0.4, -0.2) is 17.6 Å². The van der Waals surface area contributed by atoms with Gasteiger partial charge >= 0.3 is 0 Å². The van der Waals surface area contributed by atoms with Crippen LogP contribution in [0.3, 0.4) is 0 Å². The molecule has 2 rings (SSSR count). The lowest BCUT2D eigenvalue weighted by Gasteiger charge is -2.18. The minimum Gasteiger partial charge on any atom is -0.465 e. The van der Waals surface area contributed by atoms with E-state index in [1.165, 1.54) is 6.08 Å². The molecular formula is C13H14N2O4. The number of rotatable bonds is 4. The van der Waals surface area contributed by atoms with E-state index in [2.05, 4.69) is 0 Å². The monoisotopic (exact) mass is 262 g/mol. The third-order valence-electron chi connectivity index (χ3n) is 2.65. The van der Waals surface area contributed by atoms with Crippen LogP contribution in [0, 0.1) is 10.1 Å². The molecule has 1 aliphatic rings. The van der Waals surface area contributed by atoms with Crippen LogP contribution in [0.4, 0.5) is 0 Å². The highest BCUT2D eigenvalue weighted by Gasteiger charge is 2.26. The maximum Gasteiger partial charge on any atom is 0.291 e. The molecule has 0 saturated carbocycles. The van der Waals surface area contributed by atoms with Crippen molar-refractivity contribution in [2.24, 2.45) is 5.73 Å². The van der Waals surface area contributed by atoms with E-state index >= 15 is 0 Å². The van der Waals surface area contributed by atoms with E-state index in [0.717, 1.165) is 5.57 Å². The second kappa shape index (κ2) is 5.53. The zero-order valence-corrected chi connectivity index (χ0v) is 10.4. The second-order valence-electron chi connectivity index (χ2n) is 3.94. The largest absolute Gasteiger partial charge is 0.465 e. The Morgan fingerprint density at radius 3 is 3.00 bits per heavy atom. The first-order chi connectivity index (χ1) is 9.11. The third-order valence-corrected chi connectivity index (χ3v) is 2.65. The van der Waals surface area contributed by atoms with E-state index in [0.29, 0.717) is 12.4 Å². The fourth-order valence-electron chi connectivity index (χ4n) is 1.82. The second-order valence-corrected chi connectivity index (χ2v) is 3.94. The first-order valence-electron chi connectivity index (χ1n) is 5.82. The van der Waals surface area contributed by atoms with Crippen LogP contribution in [0.5, 0.6) is 0 Å². The highest BCUT2D eigenvalue weighted by atomic mass is 16.6. The van der Waals surface area contributed by atoms with Gasteiger partial charge < -0.3 is 14.9 Å². The molecule has 0 aromatic carbocycles. The lowest BCUT2D eigenvalue weighted by molar-refractivity contribution is -0.421. The van der Waals surface area contributed by atoms with Gasteiger partial charge in [0.05, 0.1) is 11.2 Å². The minimum atomic E-state index is -0.512. The average molecular weight is 262 g/mol. The van der Waals surface area contributed by atoms with E-state index in [1.54, 1.807) is 30.5 Å². The summed E-state index contributed by atoms with van der Waals surface area (Å²) in [6.45, 7) is 2.27. The summed E-state index contributed by atoms with van der Waals surface area (Å²) in [7, 11) is 0. The Kier molecular flexibility index (Phi) is 3.82. The van der Waals surface area contributed by atoms with Crippen molar-refractivity contribution in [1.82, 2.24) is 0 Å². The number of ether oxygens (including phenoxy) is 1. The summed E-state index contributed by atoms with van der Waals surface area (Å²) in [4.78, 5) is 10.3. The number of nitrogens with zero attached hydrogens (tertiary/aromatic N) is 1. The molecule has 0 fully saturated rings. The molecule has 2 N–H and O–H groups in total. The molecule has 0 spiro atoms. The first kappa shape index (κ1) is 13.1. The highest BCUT2D eigenvalue weighted by Crippen LogP contribution is 2.24. The Morgan fingerprint density at radius 1 is 1.63 bits per heavy atom. The molecule has 1 heterocycles. The summed E-state index contributed by atoms with van der Waals surface area (Å²) in [5.74, 6) is 0.640. The van der Waals surface area contributed by atoms with Gasteiger partial charge in [-0.15, -0.1) is 0 Å². The normalized spacial score (nSPS) is 21.1. The number of furan rings is 1. The van der Waals surface area contributed by atoms with Crippen molar-refractivity contribution in [2.75, 3.05) is 6.61 Å². The van der Waals surface area contributed by atoms with E-state index in [-0.39, 0.29) is 11.4 Å². The molecule has 0 saturated heterocycles. The van der Waals surface area contributed by atoms with Gasteiger partial charge in [-0.3, -0.25) is 10.1 Å². The van der Waals surface area contributed by atoms with Gasteiger partial charge in [0.15, 0.2) is 0 Å². The van der Waals surface area contributed by atoms with Crippen LogP contribution in [0.2, 0.25) is 0 Å². The van der Waals surface area contributed by atoms with Gasteiger partial charge in [0.2, 0.25) is 0 Å². The predicted octanol–water partition coefficient (Wildman–Crippen LogP) is 2.08. The van der Waals surface area contributed by atoms with Gasteiger partial charge in [-0.05, 0) is 36.8 Å². The molecule has 0 amide bonds. The average Bonchev–Trinajstić information content (AvgIpc) is 2.85. The van der Waals surface area contributed by atoms with Gasteiger partial charge in [-0.1, -0.05) is 0 Å². The molecule has 1 aromatic heterocycles. The lowest BCUT2D eigenvalue weighted by atomic mass is 9.99. The zero-order chi connectivity index (χ0) is 13.8. The van der Waals surface area contributed by atoms with Crippen molar-refractivity contribution in [3.05, 3.63) is 63.4 Å². The maximum atomic E-state index is 10.9. The number of hydrogen-bond donors (Lipinski definition) is 1. The summed E-state index contributed by atoms with van der Waals surface area (Å²) >= 11 is 0. The van der Waals surface area contributed by atoms with Crippen LogP contribution in [0.1, 0.15) is 12.7 Å². The van der Waals surface area contributed by atoms with Crippen molar-refractivity contribution < 1.29 is 14.1 Å². The molecule has 1 aromatic rings. The van der Waals surface area contributed by atoms with Crippen molar-refractivity contribution in [1.29, 1.82) is 0 Å². The molecule has 1 atom stereocenters. The Labute approximate surface area is 110 Å². The molecule has 1 aliphatic carbocycles. The smallest absolute Gasteiger partial charge is 0.291 e. The van der Waals surface area contributed by atoms with Crippen molar-refractivity contribution in [2.45, 2.75) is 13.0 Å². The maximum absolute atomic E-state index is 10.9. The molecule has 0 aliphatic heterocycles. The Bertz CT molecular complexity index is 555. The van der Waals surface area contributed by atoms with Crippen LogP contribution in [-0.2, 0) is 4.74 Å². The molecule has 6 nitrogen and oxygen atoms in total. The fourth-order valence-corrected chi connectivity index (χ4v) is 1.82. The Balaban J connectivity index is 2.36. The van der Waals surface area contributed by atoms with Gasteiger partial charge in [0, 0.05) is 12.7 Å². The Hall–Kier alpha value is -2.34. The van der Waals surface area contributed by atoms with Gasteiger partial charge in [-0.2, -0.15) is 0 Å². The zero-order valence-electron chi connectivity index (χ0n) is 10.4.